The van der Waals surface area contributed by atoms with Crippen LogP contribution in [0.5, 0.6) is 0 Å². The number of nitrogens with zero attached hydrogens (tertiary/aromatic N) is 3. The molecule has 128 valence electrons. The summed E-state index contributed by atoms with van der Waals surface area (Å²) < 4.78 is 6.91. The van der Waals surface area contributed by atoms with E-state index in [4.69, 9.17) is 27.9 Å². The van der Waals surface area contributed by atoms with Crippen molar-refractivity contribution in [1.29, 1.82) is 0 Å². The van der Waals surface area contributed by atoms with Gasteiger partial charge in [-0.2, -0.15) is 5.10 Å². The Morgan fingerprint density at radius 3 is 2.72 bits per heavy atom. The Labute approximate surface area is 154 Å². The van der Waals surface area contributed by atoms with Gasteiger partial charge in [0.25, 0.3) is 0 Å². The van der Waals surface area contributed by atoms with Gasteiger partial charge in [-0.15, -0.1) is 0 Å². The fraction of sp³-hybridized carbons (Fsp3) is 0.118. The Balaban J connectivity index is 1.71. The minimum Gasteiger partial charge on any atom is -0.441 e. The van der Waals surface area contributed by atoms with Gasteiger partial charge in [0.05, 0.1) is 18.1 Å². The molecule has 0 bridgehead atoms. The van der Waals surface area contributed by atoms with E-state index < -0.39 is 12.2 Å². The lowest BCUT2D eigenvalue weighted by Crippen LogP contribution is -2.18. The van der Waals surface area contributed by atoms with Crippen molar-refractivity contribution in [2.45, 2.75) is 13.0 Å². The van der Waals surface area contributed by atoms with Gasteiger partial charge < -0.3 is 4.74 Å². The van der Waals surface area contributed by atoms with Gasteiger partial charge in [-0.1, -0.05) is 41.4 Å². The molecule has 1 aromatic carbocycles. The average molecular weight is 377 g/mol. The van der Waals surface area contributed by atoms with Gasteiger partial charge in [0.15, 0.2) is 0 Å². The predicted octanol–water partition coefficient (Wildman–Crippen LogP) is 4.88. The number of ether oxygens (including phenoxy) is 1. The summed E-state index contributed by atoms with van der Waals surface area (Å²) in [6.45, 7) is 1.75. The Kier molecular flexibility index (Phi) is 5.21. The van der Waals surface area contributed by atoms with E-state index in [1.807, 2.05) is 18.2 Å². The van der Waals surface area contributed by atoms with Crippen LogP contribution in [-0.2, 0) is 4.74 Å². The van der Waals surface area contributed by atoms with E-state index >= 15 is 0 Å². The molecule has 0 spiro atoms. The standard InChI is InChI=1S/C17H14Cl2N4O2/c1-11(13-4-2-3-5-14(13)18)25-17(24)22-16-8-9-21-23(16)12-6-7-15(19)20-10-12/h2-11H,1H3,(H,22,24)/t11-/m1/s1. The number of benzene rings is 1. The summed E-state index contributed by atoms with van der Waals surface area (Å²) >= 11 is 11.9. The summed E-state index contributed by atoms with van der Waals surface area (Å²) in [6, 6.07) is 12.2. The monoisotopic (exact) mass is 376 g/mol. The maximum absolute atomic E-state index is 12.2. The molecule has 3 aromatic rings. The maximum Gasteiger partial charge on any atom is 0.413 e. The molecule has 8 heteroatoms. The number of carbonyl (C=O) groups is 1. The minimum absolute atomic E-state index is 0.374. The Bertz CT molecular complexity index is 880. The number of hydrogen-bond acceptors (Lipinski definition) is 4. The fourth-order valence-corrected chi connectivity index (χ4v) is 2.66. The molecular weight excluding hydrogens is 363 g/mol. The minimum atomic E-state index is -0.615. The number of halogens is 2. The van der Waals surface area contributed by atoms with Gasteiger partial charge >= 0.3 is 6.09 Å². The second-order valence-electron chi connectivity index (χ2n) is 5.16. The predicted molar refractivity (Wildman–Crippen MR) is 96.3 cm³/mol. The summed E-state index contributed by atoms with van der Waals surface area (Å²) in [5, 5.41) is 7.74. The molecule has 0 unspecified atom stereocenters. The highest BCUT2D eigenvalue weighted by Crippen LogP contribution is 2.25. The van der Waals surface area contributed by atoms with Gasteiger partial charge in [0, 0.05) is 16.7 Å². The fourth-order valence-electron chi connectivity index (χ4n) is 2.26. The number of rotatable bonds is 4. The molecule has 6 nitrogen and oxygen atoms in total. The van der Waals surface area contributed by atoms with Crippen LogP contribution in [0.25, 0.3) is 5.69 Å². The van der Waals surface area contributed by atoms with E-state index in [0.29, 0.717) is 21.7 Å². The zero-order valence-corrected chi connectivity index (χ0v) is 14.7. The molecule has 0 fully saturated rings. The molecule has 1 atom stereocenters. The smallest absolute Gasteiger partial charge is 0.413 e. The topological polar surface area (TPSA) is 69.0 Å². The highest BCUT2D eigenvalue weighted by molar-refractivity contribution is 6.31. The first-order valence-electron chi connectivity index (χ1n) is 7.42. The maximum atomic E-state index is 12.2. The molecule has 0 radical (unpaired) electrons. The normalized spacial score (nSPS) is 11.8. The number of nitrogens with one attached hydrogen (secondary N) is 1. The van der Waals surface area contributed by atoms with Crippen molar-refractivity contribution in [3.8, 4) is 5.69 Å². The highest BCUT2D eigenvalue weighted by Gasteiger charge is 2.16. The molecule has 2 heterocycles. The van der Waals surface area contributed by atoms with E-state index in [0.717, 1.165) is 5.56 Å². The Hall–Kier alpha value is -2.57. The van der Waals surface area contributed by atoms with Crippen LogP contribution in [0.1, 0.15) is 18.6 Å². The van der Waals surface area contributed by atoms with Crippen molar-refractivity contribution in [2.75, 3.05) is 5.32 Å². The zero-order valence-electron chi connectivity index (χ0n) is 13.2. The van der Waals surface area contributed by atoms with Gasteiger partial charge in [-0.25, -0.2) is 14.5 Å². The number of aromatic nitrogens is 3. The van der Waals surface area contributed by atoms with Crippen molar-refractivity contribution >= 4 is 35.1 Å². The van der Waals surface area contributed by atoms with Crippen molar-refractivity contribution in [3.63, 3.8) is 0 Å². The third-order valence-electron chi connectivity index (χ3n) is 3.46. The van der Waals surface area contributed by atoms with Crippen LogP contribution in [0.3, 0.4) is 0 Å². The van der Waals surface area contributed by atoms with Gasteiger partial charge in [-0.3, -0.25) is 5.32 Å². The Morgan fingerprint density at radius 1 is 1.20 bits per heavy atom. The molecule has 1 N–H and O–H groups in total. The van der Waals surface area contributed by atoms with Crippen molar-refractivity contribution in [2.24, 2.45) is 0 Å². The average Bonchev–Trinajstić information content (AvgIpc) is 3.03. The van der Waals surface area contributed by atoms with E-state index in [1.54, 1.807) is 43.6 Å². The summed E-state index contributed by atoms with van der Waals surface area (Å²) in [7, 11) is 0. The zero-order chi connectivity index (χ0) is 17.8. The second kappa shape index (κ2) is 7.55. The first-order chi connectivity index (χ1) is 12.0. The number of carbonyl (C=O) groups excluding carboxylic acids is 1. The molecule has 0 aliphatic rings. The van der Waals surface area contributed by atoms with E-state index in [-0.39, 0.29) is 0 Å². The lowest BCUT2D eigenvalue weighted by atomic mass is 10.1. The second-order valence-corrected chi connectivity index (χ2v) is 5.96. The van der Waals surface area contributed by atoms with Crippen LogP contribution in [-0.4, -0.2) is 20.9 Å². The van der Waals surface area contributed by atoms with E-state index in [2.05, 4.69) is 15.4 Å². The van der Waals surface area contributed by atoms with Crippen molar-refractivity contribution in [3.05, 3.63) is 70.6 Å². The number of pyridine rings is 1. The molecule has 0 aliphatic carbocycles. The van der Waals surface area contributed by atoms with Crippen LogP contribution in [0, 0.1) is 0 Å². The Morgan fingerprint density at radius 2 is 2.00 bits per heavy atom. The van der Waals surface area contributed by atoms with E-state index in [1.165, 1.54) is 4.68 Å². The largest absolute Gasteiger partial charge is 0.441 e. The molecule has 0 saturated carbocycles. The molecule has 25 heavy (non-hydrogen) atoms. The number of anilines is 1. The molecule has 0 aliphatic heterocycles. The van der Waals surface area contributed by atoms with Crippen LogP contribution >= 0.6 is 23.2 Å². The third-order valence-corrected chi connectivity index (χ3v) is 4.02. The van der Waals surface area contributed by atoms with Gasteiger partial charge in [0.1, 0.15) is 17.1 Å². The first-order valence-corrected chi connectivity index (χ1v) is 8.18. The summed E-state index contributed by atoms with van der Waals surface area (Å²) in [4.78, 5) is 16.2. The van der Waals surface area contributed by atoms with Crippen molar-refractivity contribution in [1.82, 2.24) is 14.8 Å². The molecule has 2 aromatic heterocycles. The molecule has 1 amide bonds. The molecule has 0 saturated heterocycles. The van der Waals surface area contributed by atoms with Crippen LogP contribution < -0.4 is 5.32 Å². The quantitative estimate of drug-likeness (QED) is 0.658. The van der Waals surface area contributed by atoms with Crippen LogP contribution in [0.15, 0.2) is 54.9 Å². The van der Waals surface area contributed by atoms with Crippen LogP contribution in [0.2, 0.25) is 10.2 Å². The summed E-state index contributed by atoms with van der Waals surface area (Å²) in [5.74, 6) is 0.445. The first kappa shape index (κ1) is 17.3. The van der Waals surface area contributed by atoms with E-state index in [9.17, 15) is 4.79 Å². The summed E-state index contributed by atoms with van der Waals surface area (Å²) in [6.07, 6.45) is 2.00. The third kappa shape index (κ3) is 4.10. The molecular formula is C17H14Cl2N4O2. The molecule has 3 rings (SSSR count). The number of hydrogen-bond donors (Lipinski definition) is 1. The SMILES string of the molecule is C[C@@H](OC(=O)Nc1ccnn1-c1ccc(Cl)nc1)c1ccccc1Cl. The lowest BCUT2D eigenvalue weighted by Gasteiger charge is -2.15. The van der Waals surface area contributed by atoms with Crippen LogP contribution in [0.4, 0.5) is 10.6 Å². The lowest BCUT2D eigenvalue weighted by molar-refractivity contribution is 0.121. The van der Waals surface area contributed by atoms with Gasteiger partial charge in [-0.05, 0) is 25.1 Å². The van der Waals surface area contributed by atoms with Gasteiger partial charge in [0.2, 0.25) is 0 Å². The summed E-state index contributed by atoms with van der Waals surface area (Å²) in [5.41, 5.74) is 1.39. The highest BCUT2D eigenvalue weighted by atomic mass is 35.5. The van der Waals surface area contributed by atoms with Crippen molar-refractivity contribution < 1.29 is 9.53 Å². The number of amides is 1.